The van der Waals surface area contributed by atoms with Crippen LogP contribution in [0.4, 0.5) is 5.69 Å². The molecule has 3 aromatic carbocycles. The zero-order chi connectivity index (χ0) is 28.6. The van der Waals surface area contributed by atoms with Gasteiger partial charge in [-0.2, -0.15) is 0 Å². The minimum absolute atomic E-state index is 0.0139. The standard InChI is InChI=1S/C33H36N2O5S/c1-4-39-30-19-23(15-17-29(30)40-22-24-21-27(37-2)16-18-28(24)38-3)20-31-32(36)35(26-13-9-6-10-14-26)33(41-31)34-25-11-7-5-8-12-25/h5,7-8,11-12,15-21,26H,4,6,9-10,13-14,22H2,1-3H3/b31-20-,34-33?. The van der Waals surface area contributed by atoms with E-state index in [0.29, 0.717) is 23.0 Å². The second kappa shape index (κ2) is 13.6. The second-order valence-corrected chi connectivity index (χ2v) is 10.9. The Morgan fingerprint density at radius 2 is 1.68 bits per heavy atom. The lowest BCUT2D eigenvalue weighted by molar-refractivity contribution is -0.124. The maximum atomic E-state index is 13.7. The molecule has 0 aromatic heterocycles. The van der Waals surface area contributed by atoms with Gasteiger partial charge in [0.2, 0.25) is 0 Å². The normalized spacial score (nSPS) is 17.7. The molecule has 1 amide bonds. The van der Waals surface area contributed by atoms with Crippen molar-refractivity contribution in [3.8, 4) is 23.0 Å². The average Bonchev–Trinajstić information content (AvgIpc) is 3.31. The van der Waals surface area contributed by atoms with Gasteiger partial charge in [0.15, 0.2) is 16.7 Å². The number of carbonyl (C=O) groups excluding carboxylic acids is 1. The summed E-state index contributed by atoms with van der Waals surface area (Å²) in [6, 6.07) is 21.4. The van der Waals surface area contributed by atoms with Crippen LogP contribution in [0.15, 0.2) is 76.6 Å². The zero-order valence-electron chi connectivity index (χ0n) is 23.8. The molecule has 2 aliphatic rings. The molecule has 0 atom stereocenters. The van der Waals surface area contributed by atoms with E-state index in [9.17, 15) is 4.79 Å². The number of benzene rings is 3. The Hall–Kier alpha value is -3.91. The second-order valence-electron chi connectivity index (χ2n) is 9.91. The third-order valence-electron chi connectivity index (χ3n) is 7.19. The summed E-state index contributed by atoms with van der Waals surface area (Å²) in [4.78, 5) is 21.2. The molecule has 0 N–H and O–H groups in total. The van der Waals surface area contributed by atoms with E-state index in [0.717, 1.165) is 59.2 Å². The van der Waals surface area contributed by atoms with Crippen molar-refractivity contribution in [2.75, 3.05) is 20.8 Å². The molecule has 0 radical (unpaired) electrons. The lowest BCUT2D eigenvalue weighted by Gasteiger charge is -2.30. The molecule has 0 bridgehead atoms. The first-order valence-electron chi connectivity index (χ1n) is 14.1. The number of hydrogen-bond donors (Lipinski definition) is 0. The third kappa shape index (κ3) is 6.88. The van der Waals surface area contributed by atoms with Gasteiger partial charge >= 0.3 is 0 Å². The highest BCUT2D eigenvalue weighted by Crippen LogP contribution is 2.39. The number of nitrogens with zero attached hydrogens (tertiary/aromatic N) is 2. The van der Waals surface area contributed by atoms with E-state index in [-0.39, 0.29) is 18.6 Å². The van der Waals surface area contributed by atoms with E-state index in [2.05, 4.69) is 0 Å². The van der Waals surface area contributed by atoms with E-state index in [1.807, 2.05) is 84.6 Å². The minimum Gasteiger partial charge on any atom is -0.497 e. The molecule has 7 nitrogen and oxygen atoms in total. The van der Waals surface area contributed by atoms with Crippen molar-refractivity contribution in [3.63, 3.8) is 0 Å². The van der Waals surface area contributed by atoms with Crippen molar-refractivity contribution < 1.29 is 23.7 Å². The van der Waals surface area contributed by atoms with Gasteiger partial charge in [-0.3, -0.25) is 9.69 Å². The number of para-hydroxylation sites is 1. The van der Waals surface area contributed by atoms with Crippen molar-refractivity contribution >= 4 is 34.6 Å². The highest BCUT2D eigenvalue weighted by molar-refractivity contribution is 8.18. The highest BCUT2D eigenvalue weighted by atomic mass is 32.2. The van der Waals surface area contributed by atoms with Crippen LogP contribution < -0.4 is 18.9 Å². The molecule has 2 fully saturated rings. The number of thioether (sulfide) groups is 1. The van der Waals surface area contributed by atoms with Gasteiger partial charge in [-0.1, -0.05) is 43.5 Å². The first-order chi connectivity index (χ1) is 20.1. The summed E-state index contributed by atoms with van der Waals surface area (Å²) in [5.41, 5.74) is 2.57. The first-order valence-corrected chi connectivity index (χ1v) is 14.9. The largest absolute Gasteiger partial charge is 0.497 e. The summed E-state index contributed by atoms with van der Waals surface area (Å²) >= 11 is 1.44. The zero-order valence-corrected chi connectivity index (χ0v) is 24.6. The topological polar surface area (TPSA) is 69.6 Å². The van der Waals surface area contributed by atoms with Crippen molar-refractivity contribution in [1.29, 1.82) is 0 Å². The van der Waals surface area contributed by atoms with Gasteiger partial charge in [-0.25, -0.2) is 4.99 Å². The summed E-state index contributed by atoms with van der Waals surface area (Å²) in [6.45, 7) is 2.70. The maximum absolute atomic E-state index is 13.7. The summed E-state index contributed by atoms with van der Waals surface area (Å²) in [6.07, 6.45) is 7.43. The summed E-state index contributed by atoms with van der Waals surface area (Å²) in [7, 11) is 3.26. The van der Waals surface area contributed by atoms with Crippen LogP contribution in [-0.4, -0.2) is 42.8 Å². The molecule has 214 valence electrons. The van der Waals surface area contributed by atoms with Crippen LogP contribution >= 0.6 is 11.8 Å². The number of amidine groups is 1. The summed E-state index contributed by atoms with van der Waals surface area (Å²) in [5, 5.41) is 0.747. The first kappa shape index (κ1) is 28.6. The Morgan fingerprint density at radius 3 is 2.41 bits per heavy atom. The predicted octanol–water partition coefficient (Wildman–Crippen LogP) is 7.62. The van der Waals surface area contributed by atoms with Gasteiger partial charge in [0.25, 0.3) is 5.91 Å². The molecule has 0 unspecified atom stereocenters. The number of methoxy groups -OCH3 is 2. The van der Waals surface area contributed by atoms with Gasteiger partial charge < -0.3 is 18.9 Å². The van der Waals surface area contributed by atoms with Gasteiger partial charge in [0.1, 0.15) is 18.1 Å². The van der Waals surface area contributed by atoms with Crippen molar-refractivity contribution in [3.05, 3.63) is 82.8 Å². The number of rotatable bonds is 10. The number of amides is 1. The van der Waals surface area contributed by atoms with E-state index in [1.54, 1.807) is 14.2 Å². The third-order valence-corrected chi connectivity index (χ3v) is 8.18. The van der Waals surface area contributed by atoms with E-state index in [4.69, 9.17) is 23.9 Å². The number of aliphatic imine (C=N–C) groups is 1. The molecule has 1 heterocycles. The number of hydrogen-bond acceptors (Lipinski definition) is 7. The van der Waals surface area contributed by atoms with Crippen LogP contribution in [0.2, 0.25) is 0 Å². The van der Waals surface area contributed by atoms with Gasteiger partial charge in [0, 0.05) is 11.6 Å². The Morgan fingerprint density at radius 1 is 0.902 bits per heavy atom. The fourth-order valence-electron chi connectivity index (χ4n) is 5.14. The molecule has 1 saturated heterocycles. The molecular formula is C33H36N2O5S. The Kier molecular flexibility index (Phi) is 9.51. The molecule has 1 aliphatic heterocycles. The maximum Gasteiger partial charge on any atom is 0.267 e. The van der Waals surface area contributed by atoms with Crippen molar-refractivity contribution in [2.24, 2.45) is 4.99 Å². The summed E-state index contributed by atoms with van der Waals surface area (Å²) in [5.74, 6) is 2.69. The lowest BCUT2D eigenvalue weighted by Crippen LogP contribution is -2.40. The van der Waals surface area contributed by atoms with E-state index >= 15 is 0 Å². The monoisotopic (exact) mass is 572 g/mol. The molecule has 41 heavy (non-hydrogen) atoms. The van der Waals surface area contributed by atoms with Crippen LogP contribution in [0.5, 0.6) is 23.0 Å². The Labute approximate surface area is 246 Å². The molecule has 0 spiro atoms. The Balaban J connectivity index is 1.40. The fourth-order valence-corrected chi connectivity index (χ4v) is 6.20. The average molecular weight is 573 g/mol. The van der Waals surface area contributed by atoms with Crippen LogP contribution in [0.1, 0.15) is 50.2 Å². The SMILES string of the molecule is CCOc1cc(/C=C2\SC(=Nc3ccccc3)N(C3CCCCC3)C2=O)ccc1OCc1cc(OC)ccc1OC. The summed E-state index contributed by atoms with van der Waals surface area (Å²) < 4.78 is 23.0. The van der Waals surface area contributed by atoms with E-state index in [1.165, 1.54) is 18.2 Å². The fraction of sp³-hybridized carbons (Fsp3) is 0.333. The van der Waals surface area contributed by atoms with Gasteiger partial charge in [0.05, 0.1) is 31.4 Å². The molecular weight excluding hydrogens is 536 g/mol. The van der Waals surface area contributed by atoms with Crippen LogP contribution in [0.25, 0.3) is 6.08 Å². The van der Waals surface area contributed by atoms with Gasteiger partial charge in [-0.15, -0.1) is 0 Å². The number of ether oxygens (including phenoxy) is 4. The van der Waals surface area contributed by atoms with Crippen LogP contribution in [0.3, 0.4) is 0 Å². The lowest BCUT2D eigenvalue weighted by atomic mass is 9.94. The molecule has 8 heteroatoms. The van der Waals surface area contributed by atoms with Crippen LogP contribution in [-0.2, 0) is 11.4 Å². The van der Waals surface area contributed by atoms with E-state index < -0.39 is 0 Å². The van der Waals surface area contributed by atoms with Crippen LogP contribution in [0, 0.1) is 0 Å². The number of carbonyl (C=O) groups is 1. The molecule has 1 aliphatic carbocycles. The predicted molar refractivity (Wildman–Crippen MR) is 164 cm³/mol. The quantitative estimate of drug-likeness (QED) is 0.233. The highest BCUT2D eigenvalue weighted by Gasteiger charge is 2.38. The minimum atomic E-state index is 0.0139. The van der Waals surface area contributed by atoms with Gasteiger partial charge in [-0.05, 0) is 85.6 Å². The van der Waals surface area contributed by atoms with Crippen molar-refractivity contribution in [2.45, 2.75) is 51.7 Å². The molecule has 3 aromatic rings. The van der Waals surface area contributed by atoms with Crippen molar-refractivity contribution in [1.82, 2.24) is 4.90 Å². The Bertz CT molecular complexity index is 1420. The molecule has 1 saturated carbocycles. The molecule has 5 rings (SSSR count). The smallest absolute Gasteiger partial charge is 0.267 e.